The molecule has 3 amide bonds. The van der Waals surface area contributed by atoms with E-state index in [-0.39, 0.29) is 11.7 Å². The summed E-state index contributed by atoms with van der Waals surface area (Å²) >= 11 is 0. The van der Waals surface area contributed by atoms with Gasteiger partial charge in [0.25, 0.3) is 0 Å². The Hall–Kier alpha value is -1.15. The predicted octanol–water partition coefficient (Wildman–Crippen LogP) is -1.80. The molecule has 0 bridgehead atoms. The summed E-state index contributed by atoms with van der Waals surface area (Å²) in [4.78, 5) is 21.7. The number of primary amides is 1. The van der Waals surface area contributed by atoms with Crippen molar-refractivity contribution in [3.63, 3.8) is 0 Å². The predicted molar refractivity (Wildman–Crippen MR) is 57.3 cm³/mol. The zero-order valence-electron chi connectivity index (χ0n) is 8.89. The lowest BCUT2D eigenvalue weighted by atomic mass is 10.1. The first-order valence-electron chi connectivity index (χ1n) is 4.85. The summed E-state index contributed by atoms with van der Waals surface area (Å²) < 4.78 is 23.4. The lowest BCUT2D eigenvalue weighted by Gasteiger charge is -2.27. The van der Waals surface area contributed by atoms with Crippen molar-refractivity contribution in [2.45, 2.75) is 12.2 Å². The third kappa shape index (κ3) is 3.17. The normalized spacial score (nSPS) is 18.6. The fourth-order valence-electron chi connectivity index (χ4n) is 1.33. The second-order valence-electron chi connectivity index (χ2n) is 3.85. The molecule has 1 aliphatic heterocycles. The first kappa shape index (κ1) is 12.9. The Morgan fingerprint density at radius 1 is 1.50 bits per heavy atom. The van der Waals surface area contributed by atoms with Crippen molar-refractivity contribution >= 4 is 21.8 Å². The minimum atomic E-state index is -3.53. The highest BCUT2D eigenvalue weighted by Crippen LogP contribution is 2.11. The molecule has 0 aromatic rings. The first-order chi connectivity index (χ1) is 7.33. The van der Waals surface area contributed by atoms with E-state index in [1.165, 1.54) is 6.92 Å². The number of amides is 3. The second kappa shape index (κ2) is 4.79. The number of hydrogen-bond donors (Lipinski definition) is 3. The highest BCUT2D eigenvalue weighted by molar-refractivity contribution is 7.92. The Morgan fingerprint density at radius 2 is 2.06 bits per heavy atom. The van der Waals surface area contributed by atoms with Gasteiger partial charge in [0.05, 0.1) is 5.75 Å². The van der Waals surface area contributed by atoms with Gasteiger partial charge in [0.15, 0.2) is 9.84 Å². The molecular weight excluding hydrogens is 234 g/mol. The largest absolute Gasteiger partial charge is 0.351 e. The number of sulfone groups is 1. The monoisotopic (exact) mass is 249 g/mol. The molecule has 8 heteroatoms. The topological polar surface area (TPSA) is 118 Å². The molecule has 1 atom stereocenters. The third-order valence-corrected chi connectivity index (χ3v) is 4.72. The van der Waals surface area contributed by atoms with E-state index in [4.69, 9.17) is 5.73 Å². The van der Waals surface area contributed by atoms with Gasteiger partial charge >= 0.3 is 6.03 Å². The summed E-state index contributed by atoms with van der Waals surface area (Å²) in [7, 11) is -3.53. The van der Waals surface area contributed by atoms with Gasteiger partial charge < -0.3 is 11.1 Å². The van der Waals surface area contributed by atoms with Gasteiger partial charge in [0.1, 0.15) is 5.25 Å². The van der Waals surface area contributed by atoms with E-state index in [1.807, 2.05) is 0 Å². The number of nitrogens with one attached hydrogen (secondary N) is 2. The van der Waals surface area contributed by atoms with E-state index in [2.05, 4.69) is 5.32 Å². The molecule has 1 aliphatic rings. The molecule has 1 saturated heterocycles. The van der Waals surface area contributed by atoms with Crippen LogP contribution in [0.2, 0.25) is 0 Å². The summed E-state index contributed by atoms with van der Waals surface area (Å²) in [5.74, 6) is -0.874. The van der Waals surface area contributed by atoms with Crippen LogP contribution in [0.3, 0.4) is 0 Å². The zero-order valence-corrected chi connectivity index (χ0v) is 9.71. The van der Waals surface area contributed by atoms with Crippen LogP contribution in [-0.2, 0) is 14.6 Å². The average Bonchev–Trinajstić information content (AvgIpc) is 2.09. The van der Waals surface area contributed by atoms with Crippen LogP contribution in [0.5, 0.6) is 0 Å². The van der Waals surface area contributed by atoms with E-state index in [1.54, 1.807) is 5.32 Å². The number of nitrogens with two attached hydrogens (primary N) is 1. The van der Waals surface area contributed by atoms with Crippen LogP contribution < -0.4 is 16.4 Å². The molecule has 0 aromatic heterocycles. The van der Waals surface area contributed by atoms with Crippen molar-refractivity contribution in [2.24, 2.45) is 11.7 Å². The van der Waals surface area contributed by atoms with Gasteiger partial charge in [-0.05, 0) is 12.8 Å². The van der Waals surface area contributed by atoms with Gasteiger partial charge in [-0.1, -0.05) is 0 Å². The Labute approximate surface area is 93.7 Å². The maximum atomic E-state index is 11.7. The molecule has 0 aliphatic carbocycles. The lowest BCUT2D eigenvalue weighted by molar-refractivity contribution is -0.119. The summed E-state index contributed by atoms with van der Waals surface area (Å²) in [6, 6.07) is -1.04. The molecule has 1 heterocycles. The minimum Gasteiger partial charge on any atom is -0.351 e. The summed E-state index contributed by atoms with van der Waals surface area (Å²) in [6.07, 6.45) is 0. The number of carbonyl (C=O) groups excluding carboxylic acids is 2. The van der Waals surface area contributed by atoms with E-state index in [0.717, 1.165) is 0 Å². The Balaban J connectivity index is 2.59. The number of urea groups is 1. The quantitative estimate of drug-likeness (QED) is 0.543. The van der Waals surface area contributed by atoms with Gasteiger partial charge in [-0.25, -0.2) is 13.2 Å². The van der Waals surface area contributed by atoms with Crippen molar-refractivity contribution < 1.29 is 18.0 Å². The van der Waals surface area contributed by atoms with Crippen molar-refractivity contribution in [3.05, 3.63) is 0 Å². The Kier molecular flexibility index (Phi) is 3.87. The molecule has 92 valence electrons. The number of rotatable bonds is 4. The molecule has 0 aromatic carbocycles. The van der Waals surface area contributed by atoms with E-state index >= 15 is 0 Å². The molecule has 7 nitrogen and oxygen atoms in total. The van der Waals surface area contributed by atoms with Crippen LogP contribution >= 0.6 is 0 Å². The maximum absolute atomic E-state index is 11.7. The maximum Gasteiger partial charge on any atom is 0.318 e. The highest BCUT2D eigenvalue weighted by Gasteiger charge is 2.32. The fourth-order valence-corrected chi connectivity index (χ4v) is 2.89. The smallest absolute Gasteiger partial charge is 0.318 e. The number of carbonyl (C=O) groups is 2. The minimum absolute atomic E-state index is 0.0483. The molecule has 1 rings (SSSR count). The van der Waals surface area contributed by atoms with E-state index in [0.29, 0.717) is 13.1 Å². The van der Waals surface area contributed by atoms with Gasteiger partial charge in [0.2, 0.25) is 5.91 Å². The van der Waals surface area contributed by atoms with Gasteiger partial charge in [-0.2, -0.15) is 0 Å². The Bertz CT molecular complexity index is 388. The van der Waals surface area contributed by atoms with E-state index in [9.17, 15) is 18.0 Å². The summed E-state index contributed by atoms with van der Waals surface area (Å²) in [5.41, 5.74) is 4.74. The van der Waals surface area contributed by atoms with Crippen molar-refractivity contribution in [1.29, 1.82) is 0 Å². The van der Waals surface area contributed by atoms with Crippen LogP contribution in [0.4, 0.5) is 4.79 Å². The fraction of sp³-hybridized carbons (Fsp3) is 0.750. The van der Waals surface area contributed by atoms with Gasteiger partial charge in [0, 0.05) is 13.1 Å². The van der Waals surface area contributed by atoms with Crippen molar-refractivity contribution in [2.75, 3.05) is 18.8 Å². The second-order valence-corrected chi connectivity index (χ2v) is 6.22. The van der Waals surface area contributed by atoms with Crippen LogP contribution in [-0.4, -0.2) is 44.4 Å². The molecule has 0 saturated carbocycles. The van der Waals surface area contributed by atoms with Crippen molar-refractivity contribution in [3.8, 4) is 0 Å². The number of imide groups is 1. The summed E-state index contributed by atoms with van der Waals surface area (Å²) in [6.45, 7) is 2.53. The molecule has 1 unspecified atom stereocenters. The lowest BCUT2D eigenvalue weighted by Crippen LogP contribution is -2.49. The van der Waals surface area contributed by atoms with Crippen LogP contribution in [0.1, 0.15) is 6.92 Å². The van der Waals surface area contributed by atoms with Crippen molar-refractivity contribution in [1.82, 2.24) is 10.6 Å². The molecule has 4 N–H and O–H groups in total. The molecule has 0 radical (unpaired) electrons. The van der Waals surface area contributed by atoms with Gasteiger partial charge in [-0.3, -0.25) is 10.1 Å². The van der Waals surface area contributed by atoms with Crippen LogP contribution in [0, 0.1) is 5.92 Å². The van der Waals surface area contributed by atoms with Crippen LogP contribution in [0.15, 0.2) is 0 Å². The molecule has 1 fully saturated rings. The highest BCUT2D eigenvalue weighted by atomic mass is 32.2. The van der Waals surface area contributed by atoms with Crippen LogP contribution in [0.25, 0.3) is 0 Å². The average molecular weight is 249 g/mol. The SMILES string of the molecule is CC(C(=O)NC(N)=O)S(=O)(=O)CC1CNC1. The van der Waals surface area contributed by atoms with E-state index < -0.39 is 27.0 Å². The molecule has 16 heavy (non-hydrogen) atoms. The third-order valence-electron chi connectivity index (χ3n) is 2.49. The summed E-state index contributed by atoms with van der Waals surface area (Å²) in [5, 5.41) is 3.46. The molecule has 0 spiro atoms. The van der Waals surface area contributed by atoms with Gasteiger partial charge in [-0.15, -0.1) is 0 Å². The standard InChI is InChI=1S/C8H15N3O4S/c1-5(7(12)11-8(9)13)16(14,15)4-6-2-10-3-6/h5-6,10H,2-4H2,1H3,(H3,9,11,12,13). The number of hydrogen-bond acceptors (Lipinski definition) is 5. The Morgan fingerprint density at radius 3 is 2.44 bits per heavy atom. The molecular formula is C8H15N3O4S. The first-order valence-corrected chi connectivity index (χ1v) is 6.57. The zero-order chi connectivity index (χ0) is 12.3.